The van der Waals surface area contributed by atoms with E-state index in [1.54, 1.807) is 6.92 Å². The van der Waals surface area contributed by atoms with Crippen LogP contribution in [0.5, 0.6) is 5.75 Å². The van der Waals surface area contributed by atoms with E-state index in [-0.39, 0.29) is 11.7 Å². The highest BCUT2D eigenvalue weighted by atomic mass is 79.9. The summed E-state index contributed by atoms with van der Waals surface area (Å²) in [5.41, 5.74) is 2.17. The molecule has 6 heteroatoms. The van der Waals surface area contributed by atoms with Gasteiger partial charge in [-0.2, -0.15) is 0 Å². The predicted octanol–water partition coefficient (Wildman–Crippen LogP) is 3.65. The lowest BCUT2D eigenvalue weighted by atomic mass is 10.1. The van der Waals surface area contributed by atoms with Crippen LogP contribution in [0.1, 0.15) is 18.1 Å². The fraction of sp³-hybridized carbons (Fsp3) is 0.500. The van der Waals surface area contributed by atoms with Crippen molar-refractivity contribution in [2.45, 2.75) is 20.8 Å². The van der Waals surface area contributed by atoms with Crippen molar-refractivity contribution in [1.82, 2.24) is 0 Å². The Labute approximate surface area is 121 Å². The highest BCUT2D eigenvalue weighted by Crippen LogP contribution is 2.26. The SMILES string of the molecule is Cc1cc(OCC(C)CS(=O)(=O)Cl)cc(C)c1Br. The van der Waals surface area contributed by atoms with Gasteiger partial charge < -0.3 is 4.74 Å². The maximum atomic E-state index is 10.9. The Morgan fingerprint density at radius 2 is 1.83 bits per heavy atom. The lowest BCUT2D eigenvalue weighted by Crippen LogP contribution is -2.16. The van der Waals surface area contributed by atoms with Crippen LogP contribution in [0.25, 0.3) is 0 Å². The Kier molecular flexibility index (Phi) is 5.49. The molecule has 1 atom stereocenters. The first-order valence-corrected chi connectivity index (χ1v) is 8.78. The summed E-state index contributed by atoms with van der Waals surface area (Å²) in [5, 5.41) is 0. The molecular weight excluding hydrogens is 340 g/mol. The van der Waals surface area contributed by atoms with Gasteiger partial charge in [0.2, 0.25) is 9.05 Å². The highest BCUT2D eigenvalue weighted by Gasteiger charge is 2.13. The van der Waals surface area contributed by atoms with Crippen LogP contribution in [0.2, 0.25) is 0 Å². The van der Waals surface area contributed by atoms with Gasteiger partial charge in [-0.1, -0.05) is 22.9 Å². The van der Waals surface area contributed by atoms with E-state index in [4.69, 9.17) is 15.4 Å². The van der Waals surface area contributed by atoms with Crippen LogP contribution in [0.4, 0.5) is 0 Å². The number of ether oxygens (including phenoxy) is 1. The molecule has 0 saturated carbocycles. The maximum Gasteiger partial charge on any atom is 0.232 e. The van der Waals surface area contributed by atoms with E-state index in [1.807, 2.05) is 26.0 Å². The minimum absolute atomic E-state index is 0.0803. The molecule has 0 aliphatic heterocycles. The Morgan fingerprint density at radius 3 is 2.28 bits per heavy atom. The van der Waals surface area contributed by atoms with Crippen molar-refractivity contribution >= 4 is 35.7 Å². The van der Waals surface area contributed by atoms with Gasteiger partial charge in [0.25, 0.3) is 0 Å². The number of benzene rings is 1. The molecule has 0 amide bonds. The average Bonchev–Trinajstić information content (AvgIpc) is 2.20. The van der Waals surface area contributed by atoms with Gasteiger partial charge in [0, 0.05) is 21.1 Å². The summed E-state index contributed by atoms with van der Waals surface area (Å²) < 4.78 is 28.5. The van der Waals surface area contributed by atoms with E-state index in [2.05, 4.69) is 15.9 Å². The second-order valence-electron chi connectivity index (χ2n) is 4.49. The lowest BCUT2D eigenvalue weighted by molar-refractivity contribution is 0.272. The van der Waals surface area contributed by atoms with Gasteiger partial charge in [-0.05, 0) is 37.1 Å². The van der Waals surface area contributed by atoms with Gasteiger partial charge in [0.15, 0.2) is 0 Å². The normalized spacial score (nSPS) is 13.4. The van der Waals surface area contributed by atoms with Gasteiger partial charge in [-0.25, -0.2) is 8.42 Å². The van der Waals surface area contributed by atoms with E-state index in [0.29, 0.717) is 6.61 Å². The standard InChI is InChI=1S/C12H16BrClO3S/c1-8(7-18(14,15)16)6-17-11-4-9(2)12(13)10(3)5-11/h4-5,8H,6-7H2,1-3H3. The molecule has 0 aliphatic rings. The molecule has 0 aromatic heterocycles. The zero-order valence-corrected chi connectivity index (χ0v) is 13.7. The Hall–Kier alpha value is -0.260. The molecule has 102 valence electrons. The lowest BCUT2D eigenvalue weighted by Gasteiger charge is -2.13. The molecule has 0 fully saturated rings. The average molecular weight is 356 g/mol. The third kappa shape index (κ3) is 5.16. The molecule has 0 saturated heterocycles. The molecule has 1 aromatic rings. The summed E-state index contributed by atoms with van der Waals surface area (Å²) in [6.07, 6.45) is 0. The fourth-order valence-electron chi connectivity index (χ4n) is 1.62. The van der Waals surface area contributed by atoms with E-state index in [9.17, 15) is 8.42 Å². The maximum absolute atomic E-state index is 10.9. The Morgan fingerprint density at radius 1 is 1.33 bits per heavy atom. The molecule has 3 nitrogen and oxygen atoms in total. The molecule has 1 rings (SSSR count). The number of hydrogen-bond donors (Lipinski definition) is 0. The molecule has 0 N–H and O–H groups in total. The van der Waals surface area contributed by atoms with Crippen molar-refractivity contribution < 1.29 is 13.2 Å². The summed E-state index contributed by atoms with van der Waals surface area (Å²) in [6, 6.07) is 3.83. The second kappa shape index (κ2) is 6.26. The van der Waals surface area contributed by atoms with Gasteiger partial charge in [0.05, 0.1) is 12.4 Å². The summed E-state index contributed by atoms with van der Waals surface area (Å²) in [7, 11) is 1.73. The Bertz CT molecular complexity index is 505. The predicted molar refractivity (Wildman–Crippen MR) is 77.9 cm³/mol. The topological polar surface area (TPSA) is 43.4 Å². The smallest absolute Gasteiger partial charge is 0.232 e. The monoisotopic (exact) mass is 354 g/mol. The zero-order chi connectivity index (χ0) is 13.9. The van der Waals surface area contributed by atoms with Crippen LogP contribution >= 0.6 is 26.6 Å². The third-order valence-electron chi connectivity index (χ3n) is 2.43. The van der Waals surface area contributed by atoms with Crippen LogP contribution in [-0.4, -0.2) is 20.8 Å². The highest BCUT2D eigenvalue weighted by molar-refractivity contribution is 9.10. The van der Waals surface area contributed by atoms with Crippen molar-refractivity contribution in [3.05, 3.63) is 27.7 Å². The van der Waals surface area contributed by atoms with E-state index in [0.717, 1.165) is 21.3 Å². The van der Waals surface area contributed by atoms with Crippen molar-refractivity contribution in [2.24, 2.45) is 5.92 Å². The van der Waals surface area contributed by atoms with Crippen molar-refractivity contribution in [1.29, 1.82) is 0 Å². The van der Waals surface area contributed by atoms with Crippen LogP contribution in [0, 0.1) is 19.8 Å². The first-order valence-electron chi connectivity index (χ1n) is 5.51. The van der Waals surface area contributed by atoms with Crippen LogP contribution < -0.4 is 4.74 Å². The molecule has 0 spiro atoms. The van der Waals surface area contributed by atoms with Gasteiger partial charge >= 0.3 is 0 Å². The quantitative estimate of drug-likeness (QED) is 0.757. The molecule has 1 unspecified atom stereocenters. The molecule has 0 heterocycles. The minimum atomic E-state index is -3.47. The van der Waals surface area contributed by atoms with Crippen molar-refractivity contribution in [3.63, 3.8) is 0 Å². The summed E-state index contributed by atoms with van der Waals surface area (Å²) in [6.45, 7) is 6.08. The van der Waals surface area contributed by atoms with Gasteiger partial charge in [-0.3, -0.25) is 0 Å². The zero-order valence-electron chi connectivity index (χ0n) is 10.5. The van der Waals surface area contributed by atoms with Crippen LogP contribution in [-0.2, 0) is 9.05 Å². The molecule has 0 aliphatic carbocycles. The second-order valence-corrected chi connectivity index (χ2v) is 8.11. The first kappa shape index (κ1) is 15.8. The van der Waals surface area contributed by atoms with Crippen LogP contribution in [0.3, 0.4) is 0 Å². The number of rotatable bonds is 5. The number of hydrogen-bond acceptors (Lipinski definition) is 3. The molecule has 0 radical (unpaired) electrons. The summed E-state index contributed by atoms with van der Waals surface area (Å²) in [4.78, 5) is 0. The Balaban J connectivity index is 2.64. The van der Waals surface area contributed by atoms with Crippen LogP contribution in [0.15, 0.2) is 16.6 Å². The number of aryl methyl sites for hydroxylation is 2. The molecule has 18 heavy (non-hydrogen) atoms. The van der Waals surface area contributed by atoms with Gasteiger partial charge in [0.1, 0.15) is 5.75 Å². The first-order chi connectivity index (χ1) is 8.19. The van der Waals surface area contributed by atoms with Crippen molar-refractivity contribution in [3.8, 4) is 5.75 Å². The third-order valence-corrected chi connectivity index (χ3v) is 5.02. The fourth-order valence-corrected chi connectivity index (χ4v) is 3.27. The van der Waals surface area contributed by atoms with Crippen molar-refractivity contribution in [2.75, 3.05) is 12.4 Å². The minimum Gasteiger partial charge on any atom is -0.493 e. The van der Waals surface area contributed by atoms with Gasteiger partial charge in [-0.15, -0.1) is 0 Å². The molecular formula is C12H16BrClO3S. The van der Waals surface area contributed by atoms with E-state index < -0.39 is 9.05 Å². The molecule has 0 bridgehead atoms. The molecule has 1 aromatic carbocycles. The summed E-state index contributed by atoms with van der Waals surface area (Å²) in [5.74, 6) is 0.520. The van der Waals surface area contributed by atoms with E-state index in [1.165, 1.54) is 0 Å². The summed E-state index contributed by atoms with van der Waals surface area (Å²) >= 11 is 3.48. The number of halogens is 2. The largest absolute Gasteiger partial charge is 0.493 e. The van der Waals surface area contributed by atoms with E-state index >= 15 is 0 Å².